The molecule has 2 aromatic carbocycles. The van der Waals surface area contributed by atoms with Crippen molar-refractivity contribution >= 4 is 50.6 Å². The number of aryl methyl sites for hydroxylation is 2. The van der Waals surface area contributed by atoms with E-state index in [0.29, 0.717) is 27.3 Å². The Balaban J connectivity index is 1.62. The van der Waals surface area contributed by atoms with Crippen LogP contribution in [0.15, 0.2) is 53.4 Å². The first kappa shape index (κ1) is 22.8. The van der Waals surface area contributed by atoms with Crippen LogP contribution in [-0.4, -0.2) is 30.9 Å². The molecule has 0 aliphatic rings. The van der Waals surface area contributed by atoms with Gasteiger partial charge in [0.1, 0.15) is 17.4 Å². The van der Waals surface area contributed by atoms with Gasteiger partial charge in [0.15, 0.2) is 6.61 Å². The topological polar surface area (TPSA) is 110 Å². The minimum Gasteiger partial charge on any atom is -0.482 e. The summed E-state index contributed by atoms with van der Waals surface area (Å²) in [6, 6.07) is 11.9. The van der Waals surface area contributed by atoms with E-state index >= 15 is 0 Å². The third kappa shape index (κ3) is 6.30. The molecule has 0 saturated carbocycles. The molecule has 2 N–H and O–H groups in total. The zero-order valence-electron chi connectivity index (χ0n) is 16.5. The number of sulfonamides is 1. The molecule has 0 radical (unpaired) electrons. The number of anilines is 2. The highest BCUT2D eigenvalue weighted by molar-refractivity contribution is 7.92. The molecule has 162 valence electrons. The summed E-state index contributed by atoms with van der Waals surface area (Å²) in [4.78, 5) is 20.3. The van der Waals surface area contributed by atoms with Gasteiger partial charge in [0.25, 0.3) is 15.9 Å². The highest BCUT2D eigenvalue weighted by Crippen LogP contribution is 2.27. The molecule has 0 saturated heterocycles. The normalized spacial score (nSPS) is 11.1. The average Bonchev–Trinajstić information content (AvgIpc) is 2.68. The lowest BCUT2D eigenvalue weighted by molar-refractivity contribution is -0.118. The van der Waals surface area contributed by atoms with E-state index in [9.17, 15) is 13.2 Å². The molecule has 31 heavy (non-hydrogen) atoms. The third-order valence-corrected chi connectivity index (χ3v) is 5.82. The van der Waals surface area contributed by atoms with Crippen LogP contribution >= 0.6 is 23.2 Å². The Hall–Kier alpha value is -2.88. The van der Waals surface area contributed by atoms with Crippen molar-refractivity contribution in [2.75, 3.05) is 16.6 Å². The molecule has 8 nitrogen and oxygen atoms in total. The van der Waals surface area contributed by atoms with Crippen molar-refractivity contribution in [3.05, 3.63) is 70.1 Å². The first-order chi connectivity index (χ1) is 14.6. The van der Waals surface area contributed by atoms with E-state index in [4.69, 9.17) is 27.9 Å². The van der Waals surface area contributed by atoms with Crippen molar-refractivity contribution in [2.45, 2.75) is 18.7 Å². The Bertz CT molecular complexity index is 1200. The molecular formula is C20H18Cl2N4O4S. The number of benzene rings is 2. The van der Waals surface area contributed by atoms with Gasteiger partial charge in [-0.05, 0) is 50.2 Å². The number of rotatable bonds is 7. The van der Waals surface area contributed by atoms with Gasteiger partial charge in [-0.3, -0.25) is 9.52 Å². The molecule has 1 heterocycles. The zero-order valence-corrected chi connectivity index (χ0v) is 18.8. The molecule has 0 atom stereocenters. The fourth-order valence-corrected chi connectivity index (χ4v) is 3.94. The lowest BCUT2D eigenvalue weighted by atomic mass is 10.3. The number of aromatic nitrogens is 2. The lowest BCUT2D eigenvalue weighted by Crippen LogP contribution is -2.20. The number of halogens is 2. The number of hydrogen-bond acceptors (Lipinski definition) is 6. The van der Waals surface area contributed by atoms with Gasteiger partial charge in [0, 0.05) is 28.5 Å². The van der Waals surface area contributed by atoms with Gasteiger partial charge in [0.05, 0.1) is 9.92 Å². The Morgan fingerprint density at radius 3 is 2.42 bits per heavy atom. The third-order valence-electron chi connectivity index (χ3n) is 3.91. The molecular weight excluding hydrogens is 463 g/mol. The molecule has 0 fully saturated rings. The minimum atomic E-state index is -3.85. The fraction of sp³-hybridized carbons (Fsp3) is 0.150. The standard InChI is InChI=1S/C20H18Cl2N4O4S/c1-12-9-19(24-13(2)23-12)26-31(28,29)16-6-4-15(5-7-16)25-20(27)11-30-18-10-14(21)3-8-17(18)22/h3-10H,11H2,1-2H3,(H,25,27)(H,23,24,26). The summed E-state index contributed by atoms with van der Waals surface area (Å²) in [5.41, 5.74) is 1.04. The van der Waals surface area contributed by atoms with E-state index in [0.717, 1.165) is 0 Å². The van der Waals surface area contributed by atoms with Gasteiger partial charge in [-0.2, -0.15) is 0 Å². The summed E-state index contributed by atoms with van der Waals surface area (Å²) in [5, 5.41) is 3.37. The quantitative estimate of drug-likeness (QED) is 0.523. The number of nitrogens with one attached hydrogen (secondary N) is 2. The SMILES string of the molecule is Cc1cc(NS(=O)(=O)c2ccc(NC(=O)COc3cc(Cl)ccc3Cl)cc2)nc(C)n1. The van der Waals surface area contributed by atoms with Crippen LogP contribution in [0.25, 0.3) is 0 Å². The number of amides is 1. The number of ether oxygens (including phenoxy) is 1. The summed E-state index contributed by atoms with van der Waals surface area (Å²) < 4.78 is 32.9. The minimum absolute atomic E-state index is 0.0152. The molecule has 1 amide bonds. The predicted molar refractivity (Wildman–Crippen MR) is 119 cm³/mol. The highest BCUT2D eigenvalue weighted by Gasteiger charge is 2.16. The average molecular weight is 481 g/mol. The monoisotopic (exact) mass is 480 g/mol. The van der Waals surface area contributed by atoms with Crippen molar-refractivity contribution in [1.29, 1.82) is 0 Å². The van der Waals surface area contributed by atoms with Crippen molar-refractivity contribution in [2.24, 2.45) is 0 Å². The van der Waals surface area contributed by atoms with E-state index in [1.54, 1.807) is 26.0 Å². The maximum absolute atomic E-state index is 12.6. The van der Waals surface area contributed by atoms with Crippen LogP contribution in [0.4, 0.5) is 11.5 Å². The van der Waals surface area contributed by atoms with Crippen molar-refractivity contribution in [3.8, 4) is 5.75 Å². The van der Waals surface area contributed by atoms with Crippen LogP contribution in [-0.2, 0) is 14.8 Å². The van der Waals surface area contributed by atoms with E-state index in [1.807, 2.05) is 0 Å². The largest absolute Gasteiger partial charge is 0.482 e. The smallest absolute Gasteiger partial charge is 0.263 e. The second-order valence-electron chi connectivity index (χ2n) is 6.48. The molecule has 0 unspecified atom stereocenters. The maximum atomic E-state index is 12.6. The Morgan fingerprint density at radius 1 is 1.03 bits per heavy atom. The van der Waals surface area contributed by atoms with Gasteiger partial charge in [-0.1, -0.05) is 23.2 Å². The Morgan fingerprint density at radius 2 is 1.74 bits per heavy atom. The van der Waals surface area contributed by atoms with Crippen LogP contribution in [0.2, 0.25) is 10.0 Å². The van der Waals surface area contributed by atoms with Crippen LogP contribution in [0.1, 0.15) is 11.5 Å². The van der Waals surface area contributed by atoms with Crippen LogP contribution in [0.3, 0.4) is 0 Å². The molecule has 3 aromatic rings. The fourth-order valence-electron chi connectivity index (χ4n) is 2.61. The number of carbonyl (C=O) groups is 1. The van der Waals surface area contributed by atoms with E-state index in [1.165, 1.54) is 36.4 Å². The molecule has 0 aliphatic heterocycles. The van der Waals surface area contributed by atoms with E-state index < -0.39 is 15.9 Å². The first-order valence-electron chi connectivity index (χ1n) is 8.95. The highest BCUT2D eigenvalue weighted by atomic mass is 35.5. The van der Waals surface area contributed by atoms with Crippen LogP contribution in [0.5, 0.6) is 5.75 Å². The van der Waals surface area contributed by atoms with Gasteiger partial charge in [-0.25, -0.2) is 18.4 Å². The van der Waals surface area contributed by atoms with E-state index in [2.05, 4.69) is 20.0 Å². The van der Waals surface area contributed by atoms with Crippen LogP contribution < -0.4 is 14.8 Å². The van der Waals surface area contributed by atoms with Crippen molar-refractivity contribution in [3.63, 3.8) is 0 Å². The Kier molecular flexibility index (Phi) is 6.99. The van der Waals surface area contributed by atoms with E-state index in [-0.39, 0.29) is 23.1 Å². The summed E-state index contributed by atoms with van der Waals surface area (Å²) in [7, 11) is -3.85. The van der Waals surface area contributed by atoms with Gasteiger partial charge in [0.2, 0.25) is 0 Å². The molecule has 0 aliphatic carbocycles. The summed E-state index contributed by atoms with van der Waals surface area (Å²) in [6.45, 7) is 3.12. The van der Waals surface area contributed by atoms with Crippen molar-refractivity contribution in [1.82, 2.24) is 9.97 Å². The lowest BCUT2D eigenvalue weighted by Gasteiger charge is -2.11. The van der Waals surface area contributed by atoms with Gasteiger partial charge in [-0.15, -0.1) is 0 Å². The van der Waals surface area contributed by atoms with Crippen LogP contribution in [0, 0.1) is 13.8 Å². The predicted octanol–water partition coefficient (Wildman–Crippen LogP) is 4.22. The summed E-state index contributed by atoms with van der Waals surface area (Å²) in [6.07, 6.45) is 0. The number of carbonyl (C=O) groups excluding carboxylic acids is 1. The second kappa shape index (κ2) is 9.51. The molecule has 0 spiro atoms. The molecule has 0 bridgehead atoms. The molecule has 3 rings (SSSR count). The van der Waals surface area contributed by atoms with Gasteiger partial charge < -0.3 is 10.1 Å². The maximum Gasteiger partial charge on any atom is 0.263 e. The Labute approximate surface area is 189 Å². The molecule has 11 heteroatoms. The second-order valence-corrected chi connectivity index (χ2v) is 9.01. The number of hydrogen-bond donors (Lipinski definition) is 2. The zero-order chi connectivity index (χ0) is 22.6. The molecule has 1 aromatic heterocycles. The number of nitrogens with zero attached hydrogens (tertiary/aromatic N) is 2. The van der Waals surface area contributed by atoms with Gasteiger partial charge >= 0.3 is 0 Å². The first-order valence-corrected chi connectivity index (χ1v) is 11.2. The summed E-state index contributed by atoms with van der Waals surface area (Å²) >= 11 is 11.9. The van der Waals surface area contributed by atoms with Crippen molar-refractivity contribution < 1.29 is 17.9 Å². The summed E-state index contributed by atoms with van der Waals surface area (Å²) in [5.74, 6) is 0.472.